The summed E-state index contributed by atoms with van der Waals surface area (Å²) in [6.07, 6.45) is 0. The Morgan fingerprint density at radius 3 is 0.375 bits per heavy atom. The molecule has 0 nitrogen and oxygen atoms in total. The van der Waals surface area contributed by atoms with Crippen LogP contribution in [0.5, 0.6) is 0 Å². The maximum atomic E-state index is 0. The van der Waals surface area contributed by atoms with Crippen molar-refractivity contribution in [2.45, 2.75) is 14.9 Å². The smallest absolute Gasteiger partial charge is 0 e. The zero-order valence-corrected chi connectivity index (χ0v) is 26.3. The molecule has 0 N–H and O–H groups in total. The fraction of sp³-hybridized carbons (Fsp3) is 1.00. The van der Waals surface area contributed by atoms with Gasteiger partial charge in [0.15, 0.2) is 0 Å². The van der Waals surface area contributed by atoms with Gasteiger partial charge in [-0.1, -0.05) is 14.9 Å². The molecule has 8 heavy (non-hydrogen) atoms. The molecule has 0 unspecified atom stereocenters. The van der Waals surface area contributed by atoms with E-state index < -0.39 is 0 Å². The Morgan fingerprint density at radius 2 is 0.375 bits per heavy atom. The summed E-state index contributed by atoms with van der Waals surface area (Å²) in [6.45, 7) is 0. The van der Waals surface area contributed by atoms with Crippen LogP contribution in [-0.4, -0.2) is 164 Å². The average Bonchev–Trinajstić information content (AvgIpc) is 0. The Bertz CT molecular complexity index is 25.9. The van der Waals surface area contributed by atoms with Gasteiger partial charge >= 0.3 is 0 Å². The van der Waals surface area contributed by atoms with Crippen molar-refractivity contribution in [3.8, 4) is 0 Å². The second-order valence-electron chi connectivity index (χ2n) is 0. The first kappa shape index (κ1) is 69.4. The second-order valence-corrected chi connectivity index (χ2v) is 0. The molecule has 6 heteroatoms. The fourth-order valence-corrected chi connectivity index (χ4v) is 0. The van der Waals surface area contributed by atoms with Gasteiger partial charge in [0.2, 0.25) is 0 Å². The monoisotopic (exact) mass is 1300 g/mol. The minimum absolute atomic E-state index is 0. The van der Waals surface area contributed by atoms with Crippen LogP contribution in [0.1, 0.15) is 32.0 Å². The zero-order valence-electron chi connectivity index (χ0n) is 3.00. The second kappa shape index (κ2) is 54.5. The number of hydrogen-bond acceptors (Lipinski definition) is 0. The van der Waals surface area contributed by atoms with Crippen molar-refractivity contribution in [2.24, 2.45) is 0 Å². The van der Waals surface area contributed by atoms with Gasteiger partial charge in [-0.3, -0.25) is 0 Å². The predicted molar refractivity (Wildman–Crippen MR) is 73.4 cm³/mol. The molecular formula is C2H32Pb6. The van der Waals surface area contributed by atoms with Gasteiger partial charge in [0.05, 0.1) is 0 Å². The fourth-order valence-electron chi connectivity index (χ4n) is 0. The minimum atomic E-state index is 0. The van der Waals surface area contributed by atoms with E-state index in [0.29, 0.717) is 0 Å². The number of hydrogen-bond donors (Lipinski definition) is 0. The van der Waals surface area contributed by atoms with Crippen LogP contribution in [0, 0.1) is 0 Å². The van der Waals surface area contributed by atoms with E-state index in [1.807, 2.05) is 0 Å². The molecule has 0 spiro atoms. The van der Waals surface area contributed by atoms with Crippen LogP contribution in [0.25, 0.3) is 0 Å². The van der Waals surface area contributed by atoms with E-state index in [1.165, 1.54) is 0 Å². The van der Waals surface area contributed by atoms with E-state index in [2.05, 4.69) is 0 Å². The zero-order chi connectivity index (χ0) is 0. The van der Waals surface area contributed by atoms with Gasteiger partial charge in [0.1, 0.15) is 0 Å². The molecular weight excluding hydrogens is 1270 g/mol. The van der Waals surface area contributed by atoms with Crippen LogP contribution >= 0.6 is 0 Å². The minimum Gasteiger partial charge on any atom is -0.0776 e. The van der Waals surface area contributed by atoms with Crippen LogP contribution in [-0.2, 0) is 0 Å². The molecule has 0 atom stereocenters. The van der Waals surface area contributed by atoms with Gasteiger partial charge in [0.25, 0.3) is 0 Å². The Hall–Kier alpha value is 5.53. The standard InChI is InChI=1S/2CH4.6Pb.12H2/h2*1H4;;;;;;;12*1H. The molecule has 0 rings (SSSR count). The molecule has 0 aromatic carbocycles. The van der Waals surface area contributed by atoms with Crippen LogP contribution < -0.4 is 0 Å². The molecule has 0 aliphatic carbocycles. The summed E-state index contributed by atoms with van der Waals surface area (Å²) in [4.78, 5) is 0. The Kier molecular flexibility index (Phi) is 473. The van der Waals surface area contributed by atoms with E-state index >= 15 is 0 Å². The molecule has 0 heterocycles. The topological polar surface area (TPSA) is 0 Å². The van der Waals surface area contributed by atoms with Crippen molar-refractivity contribution in [3.63, 3.8) is 0 Å². The third-order valence-electron chi connectivity index (χ3n) is 0. The summed E-state index contributed by atoms with van der Waals surface area (Å²) in [5.74, 6) is 0. The largest absolute Gasteiger partial charge is 0.0776 e. The van der Waals surface area contributed by atoms with Crippen LogP contribution in [0.2, 0.25) is 0 Å². The van der Waals surface area contributed by atoms with Crippen molar-refractivity contribution in [2.75, 3.05) is 0 Å². The van der Waals surface area contributed by atoms with Gasteiger partial charge < -0.3 is 0 Å². The van der Waals surface area contributed by atoms with Gasteiger partial charge in [-0.25, -0.2) is 0 Å². The van der Waals surface area contributed by atoms with Crippen molar-refractivity contribution in [3.05, 3.63) is 0 Å². The van der Waals surface area contributed by atoms with Crippen LogP contribution in [0.3, 0.4) is 0 Å². The summed E-state index contributed by atoms with van der Waals surface area (Å²) in [5, 5.41) is 0. The van der Waals surface area contributed by atoms with E-state index in [-0.39, 0.29) is 196 Å². The molecule has 0 bridgehead atoms. The van der Waals surface area contributed by atoms with Crippen molar-refractivity contribution < 1.29 is 17.1 Å². The number of rotatable bonds is 0. The quantitative estimate of drug-likeness (QED) is 0.326. The Balaban J connectivity index is 0. The summed E-state index contributed by atoms with van der Waals surface area (Å²) in [7, 11) is 0. The maximum Gasteiger partial charge on any atom is 0 e. The van der Waals surface area contributed by atoms with Crippen LogP contribution in [0.15, 0.2) is 0 Å². The van der Waals surface area contributed by atoms with Gasteiger partial charge in [-0.05, 0) is 0 Å². The van der Waals surface area contributed by atoms with Gasteiger partial charge in [-0.2, -0.15) is 0 Å². The summed E-state index contributed by atoms with van der Waals surface area (Å²) in [5.41, 5.74) is 0. The Morgan fingerprint density at radius 1 is 0.375 bits per heavy atom. The van der Waals surface area contributed by atoms with E-state index in [4.69, 9.17) is 0 Å². The van der Waals surface area contributed by atoms with Gasteiger partial charge in [0, 0.05) is 181 Å². The summed E-state index contributed by atoms with van der Waals surface area (Å²) < 4.78 is 0. The van der Waals surface area contributed by atoms with Crippen molar-refractivity contribution in [1.29, 1.82) is 0 Å². The first-order chi connectivity index (χ1) is 0. The molecule has 0 saturated heterocycles. The average molecular weight is 1300 g/mol. The molecule has 0 saturated carbocycles. The Labute approximate surface area is 192 Å². The molecule has 0 amide bonds. The van der Waals surface area contributed by atoms with Crippen LogP contribution in [0.4, 0.5) is 0 Å². The first-order valence-electron chi connectivity index (χ1n) is 0. The molecule has 0 fully saturated rings. The van der Waals surface area contributed by atoms with Gasteiger partial charge in [-0.15, -0.1) is 0 Å². The molecule has 0 aromatic rings. The van der Waals surface area contributed by atoms with E-state index in [1.54, 1.807) is 0 Å². The molecule has 24 radical (unpaired) electrons. The predicted octanol–water partition coefficient (Wildman–Crippen LogP) is 1.94. The van der Waals surface area contributed by atoms with Crippen molar-refractivity contribution in [1.82, 2.24) is 0 Å². The molecule has 0 aliphatic rings. The third kappa shape index (κ3) is 41.8. The first-order valence-corrected chi connectivity index (χ1v) is 0. The van der Waals surface area contributed by atoms with Crippen molar-refractivity contribution >= 4 is 164 Å². The molecule has 0 aliphatic heterocycles. The molecule has 64 valence electrons. The third-order valence-corrected chi connectivity index (χ3v) is 0. The maximum absolute atomic E-state index is 0. The summed E-state index contributed by atoms with van der Waals surface area (Å²) >= 11 is 0. The summed E-state index contributed by atoms with van der Waals surface area (Å²) in [6, 6.07) is 0. The van der Waals surface area contributed by atoms with E-state index in [0.717, 1.165) is 0 Å². The SMILES string of the molecule is C.C.[HH].[HH].[HH].[HH].[HH].[HH].[HH].[HH].[HH].[HH].[HH].[HH].[Pb].[Pb].[Pb].[Pb].[Pb].[Pb]. The molecule has 0 aromatic heterocycles. The normalized spacial score (nSPS) is 0. The van der Waals surface area contributed by atoms with E-state index in [9.17, 15) is 0 Å².